The van der Waals surface area contributed by atoms with E-state index in [1.807, 2.05) is 26.8 Å². The van der Waals surface area contributed by atoms with Crippen LogP contribution in [0.3, 0.4) is 0 Å². The number of aromatic nitrogens is 2. The molecule has 0 aliphatic heterocycles. The standard InChI is InChI=1S/C15H21N3O2/c1-9(13-7-12(20-4)5-6-15(13)19)16-8-14-10(2)17-18-11(14)3/h5-7,9,16,19H,8H2,1-4H3,(H,17,18). The smallest absolute Gasteiger partial charge is 0.120 e. The van der Waals surface area contributed by atoms with Crippen LogP contribution in [-0.2, 0) is 6.54 Å². The Bertz CT molecular complexity index is 573. The molecule has 1 heterocycles. The van der Waals surface area contributed by atoms with Crippen molar-refractivity contribution in [2.75, 3.05) is 7.11 Å². The van der Waals surface area contributed by atoms with Gasteiger partial charge in [0.2, 0.25) is 0 Å². The Kier molecular flexibility index (Phi) is 4.29. The van der Waals surface area contributed by atoms with E-state index in [4.69, 9.17) is 4.74 Å². The zero-order chi connectivity index (χ0) is 14.7. The molecule has 0 spiro atoms. The van der Waals surface area contributed by atoms with Gasteiger partial charge >= 0.3 is 0 Å². The summed E-state index contributed by atoms with van der Waals surface area (Å²) < 4.78 is 5.19. The number of hydrogen-bond acceptors (Lipinski definition) is 4. The first kappa shape index (κ1) is 14.4. The molecule has 1 aromatic heterocycles. The first-order valence-corrected chi connectivity index (χ1v) is 6.63. The maximum absolute atomic E-state index is 9.95. The third-order valence-electron chi connectivity index (χ3n) is 3.57. The number of methoxy groups -OCH3 is 1. The van der Waals surface area contributed by atoms with E-state index in [2.05, 4.69) is 15.5 Å². The number of H-pyrrole nitrogens is 1. The highest BCUT2D eigenvalue weighted by molar-refractivity contribution is 5.41. The van der Waals surface area contributed by atoms with Crippen LogP contribution in [-0.4, -0.2) is 22.4 Å². The minimum absolute atomic E-state index is 0.0128. The van der Waals surface area contributed by atoms with Crippen molar-refractivity contribution in [3.05, 3.63) is 40.7 Å². The van der Waals surface area contributed by atoms with Crippen LogP contribution in [0.2, 0.25) is 0 Å². The van der Waals surface area contributed by atoms with Gasteiger partial charge in [-0.05, 0) is 39.0 Å². The third kappa shape index (κ3) is 2.93. The number of aryl methyl sites for hydroxylation is 2. The van der Waals surface area contributed by atoms with Crippen molar-refractivity contribution < 1.29 is 9.84 Å². The molecule has 0 saturated heterocycles. The minimum Gasteiger partial charge on any atom is -0.508 e. The van der Waals surface area contributed by atoms with Gasteiger partial charge in [0.15, 0.2) is 0 Å². The number of benzene rings is 1. The zero-order valence-electron chi connectivity index (χ0n) is 12.3. The second kappa shape index (κ2) is 5.96. The number of rotatable bonds is 5. The summed E-state index contributed by atoms with van der Waals surface area (Å²) in [5.41, 5.74) is 4.05. The van der Waals surface area contributed by atoms with Gasteiger partial charge in [0, 0.05) is 29.4 Å². The van der Waals surface area contributed by atoms with E-state index in [1.54, 1.807) is 19.2 Å². The average Bonchev–Trinajstić information content (AvgIpc) is 2.76. The molecule has 2 aromatic rings. The molecular weight excluding hydrogens is 254 g/mol. The molecule has 0 aliphatic carbocycles. The molecule has 0 fully saturated rings. The van der Waals surface area contributed by atoms with E-state index in [-0.39, 0.29) is 11.8 Å². The lowest BCUT2D eigenvalue weighted by Crippen LogP contribution is -2.19. The zero-order valence-corrected chi connectivity index (χ0v) is 12.3. The molecule has 1 aromatic carbocycles. The van der Waals surface area contributed by atoms with Crippen molar-refractivity contribution in [3.8, 4) is 11.5 Å². The van der Waals surface area contributed by atoms with Crippen molar-refractivity contribution in [2.45, 2.75) is 33.4 Å². The molecule has 108 valence electrons. The average molecular weight is 275 g/mol. The summed E-state index contributed by atoms with van der Waals surface area (Å²) >= 11 is 0. The monoisotopic (exact) mass is 275 g/mol. The van der Waals surface area contributed by atoms with E-state index in [0.717, 1.165) is 22.7 Å². The number of phenols is 1. The van der Waals surface area contributed by atoms with Crippen molar-refractivity contribution in [1.82, 2.24) is 15.5 Å². The Balaban J connectivity index is 2.10. The van der Waals surface area contributed by atoms with Crippen molar-refractivity contribution in [3.63, 3.8) is 0 Å². The van der Waals surface area contributed by atoms with Gasteiger partial charge in [-0.2, -0.15) is 5.10 Å². The molecule has 0 bridgehead atoms. The number of phenolic OH excluding ortho intramolecular Hbond substituents is 1. The second-order valence-corrected chi connectivity index (χ2v) is 4.94. The Morgan fingerprint density at radius 1 is 1.40 bits per heavy atom. The fraction of sp³-hybridized carbons (Fsp3) is 0.400. The van der Waals surface area contributed by atoms with Crippen molar-refractivity contribution in [2.24, 2.45) is 0 Å². The van der Waals surface area contributed by atoms with Crippen molar-refractivity contribution >= 4 is 0 Å². The highest BCUT2D eigenvalue weighted by Crippen LogP contribution is 2.28. The molecule has 0 aliphatic rings. The molecule has 0 saturated carbocycles. The lowest BCUT2D eigenvalue weighted by Gasteiger charge is -2.16. The highest BCUT2D eigenvalue weighted by atomic mass is 16.5. The maximum atomic E-state index is 9.95. The first-order valence-electron chi connectivity index (χ1n) is 6.63. The predicted molar refractivity (Wildman–Crippen MR) is 78.0 cm³/mol. The van der Waals surface area contributed by atoms with Gasteiger partial charge in [-0.1, -0.05) is 0 Å². The maximum Gasteiger partial charge on any atom is 0.120 e. The molecule has 2 rings (SSSR count). The summed E-state index contributed by atoms with van der Waals surface area (Å²) in [7, 11) is 1.62. The van der Waals surface area contributed by atoms with Gasteiger partial charge in [-0.15, -0.1) is 0 Å². The molecule has 0 radical (unpaired) electrons. The fourth-order valence-electron chi connectivity index (χ4n) is 2.21. The lowest BCUT2D eigenvalue weighted by atomic mass is 10.1. The van der Waals surface area contributed by atoms with Gasteiger partial charge in [-0.25, -0.2) is 0 Å². The van der Waals surface area contributed by atoms with Crippen LogP contribution >= 0.6 is 0 Å². The minimum atomic E-state index is 0.0128. The molecule has 1 unspecified atom stereocenters. The molecule has 1 atom stereocenters. The van der Waals surface area contributed by atoms with Crippen molar-refractivity contribution in [1.29, 1.82) is 0 Å². The third-order valence-corrected chi connectivity index (χ3v) is 3.57. The van der Waals surface area contributed by atoms with E-state index < -0.39 is 0 Å². The lowest BCUT2D eigenvalue weighted by molar-refractivity contribution is 0.407. The molecule has 0 amide bonds. The largest absolute Gasteiger partial charge is 0.508 e. The highest BCUT2D eigenvalue weighted by Gasteiger charge is 2.13. The Hall–Kier alpha value is -2.01. The summed E-state index contributed by atoms with van der Waals surface area (Å²) in [5.74, 6) is 1.01. The number of nitrogens with zero attached hydrogens (tertiary/aromatic N) is 1. The number of nitrogens with one attached hydrogen (secondary N) is 2. The first-order chi connectivity index (χ1) is 9.52. The Labute approximate surface area is 119 Å². The summed E-state index contributed by atoms with van der Waals surface area (Å²) in [6.07, 6.45) is 0. The molecule has 5 nitrogen and oxygen atoms in total. The van der Waals surface area contributed by atoms with Crippen LogP contribution in [0.15, 0.2) is 18.2 Å². The van der Waals surface area contributed by atoms with E-state index in [9.17, 15) is 5.11 Å². The van der Waals surface area contributed by atoms with Gasteiger partial charge in [0.05, 0.1) is 12.8 Å². The molecular formula is C15H21N3O2. The predicted octanol–water partition coefficient (Wildman–Crippen LogP) is 2.59. The van der Waals surface area contributed by atoms with Crippen LogP contribution in [0.25, 0.3) is 0 Å². The quantitative estimate of drug-likeness (QED) is 0.784. The van der Waals surface area contributed by atoms with Crippen LogP contribution in [0.5, 0.6) is 11.5 Å². The molecule has 3 N–H and O–H groups in total. The van der Waals surface area contributed by atoms with E-state index >= 15 is 0 Å². The molecule has 20 heavy (non-hydrogen) atoms. The van der Waals surface area contributed by atoms with Gasteiger partial charge in [0.25, 0.3) is 0 Å². The van der Waals surface area contributed by atoms with Crippen LogP contribution in [0.4, 0.5) is 0 Å². The normalized spacial score (nSPS) is 12.4. The number of hydrogen-bond donors (Lipinski definition) is 3. The summed E-state index contributed by atoms with van der Waals surface area (Å²) in [6, 6.07) is 5.26. The Morgan fingerprint density at radius 2 is 2.15 bits per heavy atom. The van der Waals surface area contributed by atoms with Gasteiger partial charge < -0.3 is 15.2 Å². The summed E-state index contributed by atoms with van der Waals surface area (Å²) in [4.78, 5) is 0. The van der Waals surface area contributed by atoms with Crippen LogP contribution in [0, 0.1) is 13.8 Å². The summed E-state index contributed by atoms with van der Waals surface area (Å²) in [5, 5.41) is 20.5. The van der Waals surface area contributed by atoms with Crippen LogP contribution < -0.4 is 10.1 Å². The number of aromatic hydroxyl groups is 1. The number of aromatic amines is 1. The Morgan fingerprint density at radius 3 is 2.75 bits per heavy atom. The molecule has 5 heteroatoms. The number of ether oxygens (including phenoxy) is 1. The van der Waals surface area contributed by atoms with E-state index in [1.165, 1.54) is 5.56 Å². The van der Waals surface area contributed by atoms with Gasteiger partial charge in [0.1, 0.15) is 11.5 Å². The van der Waals surface area contributed by atoms with Gasteiger partial charge in [-0.3, -0.25) is 5.10 Å². The van der Waals surface area contributed by atoms with Crippen LogP contribution in [0.1, 0.15) is 35.5 Å². The topological polar surface area (TPSA) is 70.2 Å². The SMILES string of the molecule is COc1ccc(O)c(C(C)NCc2c(C)n[nH]c2C)c1. The second-order valence-electron chi connectivity index (χ2n) is 4.94. The van der Waals surface area contributed by atoms with E-state index in [0.29, 0.717) is 6.54 Å². The fourth-order valence-corrected chi connectivity index (χ4v) is 2.21. The summed E-state index contributed by atoms with van der Waals surface area (Å²) in [6.45, 7) is 6.70.